The molecule has 1 rings (SSSR count). The van der Waals surface area contributed by atoms with Crippen molar-refractivity contribution in [2.45, 2.75) is 132 Å². The molecule has 14 nitrogen and oxygen atoms in total. The Bertz CT molecular complexity index is 1350. The number of Topliss-reactive ketones (excluding diaryl/α,β-unsaturated/α-hetero) is 1. The maximum absolute atomic E-state index is 13.5. The van der Waals surface area contributed by atoms with Crippen LogP contribution >= 0.6 is 0 Å². The molecule has 0 fully saturated rings. The number of nitrogens with two attached hydrogens (primary N) is 1. The Morgan fingerprint density at radius 2 is 1.55 bits per heavy atom. The number of primary amides is 1. The van der Waals surface area contributed by atoms with E-state index in [0.717, 1.165) is 12.8 Å². The van der Waals surface area contributed by atoms with Gasteiger partial charge in [0.25, 0.3) is 0 Å². The van der Waals surface area contributed by atoms with Gasteiger partial charge >= 0.3 is 12.1 Å². The fraction of sp³-hybridized carbons (Fsp3) is 0.692. The van der Waals surface area contributed by atoms with Gasteiger partial charge in [-0.05, 0) is 75.0 Å². The highest BCUT2D eigenvalue weighted by Gasteiger charge is 2.30. The Hall–Kier alpha value is -4.20. The summed E-state index contributed by atoms with van der Waals surface area (Å²) >= 11 is 0. The number of ether oxygens (including phenoxy) is 2. The van der Waals surface area contributed by atoms with E-state index in [9.17, 15) is 28.8 Å². The van der Waals surface area contributed by atoms with E-state index in [-0.39, 0.29) is 61.5 Å². The van der Waals surface area contributed by atoms with E-state index in [0.29, 0.717) is 37.1 Å². The molecule has 1 aromatic rings. The summed E-state index contributed by atoms with van der Waals surface area (Å²) in [4.78, 5) is 77.0. The summed E-state index contributed by atoms with van der Waals surface area (Å²) in [5.74, 6) is -1.77. The molecule has 6 amide bonds. The lowest BCUT2D eigenvalue weighted by molar-refractivity contribution is -0.132. The van der Waals surface area contributed by atoms with Gasteiger partial charge in [-0.25, -0.2) is 9.59 Å². The van der Waals surface area contributed by atoms with Gasteiger partial charge in [0.1, 0.15) is 18.7 Å². The maximum atomic E-state index is 13.5. The second-order valence-electron chi connectivity index (χ2n) is 15.5. The molecule has 0 aliphatic heterocycles. The number of ketones is 1. The van der Waals surface area contributed by atoms with Crippen LogP contribution in [0.5, 0.6) is 0 Å². The normalized spacial score (nSPS) is 13.3. The molecule has 6 N–H and O–H groups in total. The number of nitrogens with one attached hydrogen (secondary N) is 4. The quantitative estimate of drug-likeness (QED) is 0.0880. The Kier molecular flexibility index (Phi) is 20.1. The number of nitrogens with zero attached hydrogens (tertiary/aromatic N) is 1. The second kappa shape index (κ2) is 22.8. The van der Waals surface area contributed by atoms with E-state index >= 15 is 0 Å². The molecule has 0 saturated carbocycles. The van der Waals surface area contributed by atoms with Crippen molar-refractivity contribution in [3.63, 3.8) is 0 Å². The zero-order valence-electron chi connectivity index (χ0n) is 33.7. The molecule has 0 aliphatic carbocycles. The van der Waals surface area contributed by atoms with Crippen LogP contribution < -0.4 is 27.0 Å². The Morgan fingerprint density at radius 1 is 0.906 bits per heavy atom. The first kappa shape index (κ1) is 46.8. The summed E-state index contributed by atoms with van der Waals surface area (Å²) in [5, 5.41) is 10.9. The predicted octanol–water partition coefficient (Wildman–Crippen LogP) is 5.28. The molecule has 3 unspecified atom stereocenters. The van der Waals surface area contributed by atoms with Gasteiger partial charge in [0.15, 0.2) is 5.78 Å². The van der Waals surface area contributed by atoms with E-state index in [4.69, 9.17) is 15.2 Å². The summed E-state index contributed by atoms with van der Waals surface area (Å²) in [6, 6.07) is 4.04. The summed E-state index contributed by atoms with van der Waals surface area (Å²) < 4.78 is 11.4. The highest BCUT2D eigenvalue weighted by atomic mass is 16.6. The number of benzene rings is 1. The molecule has 0 heterocycles. The Balaban J connectivity index is 2.88. The molecule has 3 atom stereocenters. The fourth-order valence-corrected chi connectivity index (χ4v) is 4.95. The van der Waals surface area contributed by atoms with Crippen LogP contribution in [0.1, 0.15) is 113 Å². The number of carbonyl (C=O) groups is 6. The van der Waals surface area contributed by atoms with Crippen molar-refractivity contribution in [3.05, 3.63) is 29.8 Å². The number of hydrogen-bond donors (Lipinski definition) is 5. The van der Waals surface area contributed by atoms with E-state index in [1.165, 1.54) is 11.9 Å². The lowest BCUT2D eigenvalue weighted by Crippen LogP contribution is -2.54. The van der Waals surface area contributed by atoms with Gasteiger partial charge in [0, 0.05) is 38.2 Å². The average molecular weight is 747 g/mol. The fourth-order valence-electron chi connectivity index (χ4n) is 4.95. The molecule has 0 aliphatic rings. The van der Waals surface area contributed by atoms with Crippen LogP contribution in [0.3, 0.4) is 0 Å². The smallest absolute Gasteiger partial charge is 0.410 e. The van der Waals surface area contributed by atoms with Crippen molar-refractivity contribution < 1.29 is 38.2 Å². The first-order valence-electron chi connectivity index (χ1n) is 18.8. The SMILES string of the molecule is CCC(C)C(=O)CN(C)C(=O)OCc1ccc(NC(=O)C(CCCNC(N)=O)NC(=O)C(NC(=O)CCC(C)(C)OCCC(C)(C)CC)C(C)C)cc1. The van der Waals surface area contributed by atoms with Crippen molar-refractivity contribution >= 4 is 41.3 Å². The van der Waals surface area contributed by atoms with Crippen molar-refractivity contribution in [1.82, 2.24) is 20.9 Å². The molecular weight excluding hydrogens is 680 g/mol. The molecular formula is C39H66N6O8. The zero-order chi connectivity index (χ0) is 40.4. The molecule has 0 spiro atoms. The number of rotatable bonds is 24. The molecule has 1 aromatic carbocycles. The molecule has 0 radical (unpaired) electrons. The van der Waals surface area contributed by atoms with Crippen LogP contribution in [0.25, 0.3) is 0 Å². The number of urea groups is 1. The van der Waals surface area contributed by atoms with Gasteiger partial charge in [-0.2, -0.15) is 0 Å². The van der Waals surface area contributed by atoms with Gasteiger partial charge in [0.2, 0.25) is 17.7 Å². The minimum absolute atomic E-state index is 0.0365. The van der Waals surface area contributed by atoms with Crippen molar-refractivity contribution in [2.24, 2.45) is 23.0 Å². The van der Waals surface area contributed by atoms with E-state index in [1.807, 2.05) is 41.5 Å². The lowest BCUT2D eigenvalue weighted by atomic mass is 9.87. The largest absolute Gasteiger partial charge is 0.445 e. The van der Waals surface area contributed by atoms with Crippen LogP contribution in [0.15, 0.2) is 24.3 Å². The highest BCUT2D eigenvalue weighted by Crippen LogP contribution is 2.26. The number of carbonyl (C=O) groups excluding carboxylic acids is 6. The Morgan fingerprint density at radius 3 is 2.11 bits per heavy atom. The second-order valence-corrected chi connectivity index (χ2v) is 15.5. The summed E-state index contributed by atoms with van der Waals surface area (Å²) in [6.07, 6.45) is 3.16. The third kappa shape index (κ3) is 18.9. The lowest BCUT2D eigenvalue weighted by Gasteiger charge is -2.29. The highest BCUT2D eigenvalue weighted by molar-refractivity contribution is 5.98. The number of hydrogen-bond acceptors (Lipinski definition) is 8. The van der Waals surface area contributed by atoms with Crippen LogP contribution in [0.4, 0.5) is 15.3 Å². The first-order valence-corrected chi connectivity index (χ1v) is 18.8. The standard InChI is InChI=1S/C39H66N6O8/c1-11-27(5)31(46)24-45(10)37(51)52-25-28-15-17-29(18-16-28)42-34(48)30(14-13-22-41-36(40)50)43-35(49)33(26(3)4)44-32(47)19-20-39(8,9)53-23-21-38(6,7)12-2/h15-18,26-27,30,33H,11-14,19-25H2,1-10H3,(H,42,48)(H,43,49)(H,44,47)(H3,40,41,50). The molecule has 0 aromatic heterocycles. The number of likely N-dealkylation sites (N-methyl/N-ethyl adjacent to an activating group) is 1. The summed E-state index contributed by atoms with van der Waals surface area (Å²) in [5.41, 5.74) is 5.93. The molecule has 0 saturated heterocycles. The third-order valence-electron chi connectivity index (χ3n) is 9.50. The van der Waals surface area contributed by atoms with Crippen molar-refractivity contribution in [1.29, 1.82) is 0 Å². The van der Waals surface area contributed by atoms with Crippen LogP contribution in [0, 0.1) is 17.3 Å². The van der Waals surface area contributed by atoms with Crippen LogP contribution in [-0.2, 0) is 35.3 Å². The van der Waals surface area contributed by atoms with Gasteiger partial charge in [-0.15, -0.1) is 0 Å². The van der Waals surface area contributed by atoms with Crippen LogP contribution in [-0.4, -0.2) is 85.0 Å². The van der Waals surface area contributed by atoms with E-state index in [2.05, 4.69) is 42.0 Å². The van der Waals surface area contributed by atoms with E-state index in [1.54, 1.807) is 24.3 Å². The average Bonchev–Trinajstić information content (AvgIpc) is 3.09. The number of anilines is 1. The summed E-state index contributed by atoms with van der Waals surface area (Å²) in [7, 11) is 1.51. The zero-order valence-corrected chi connectivity index (χ0v) is 33.7. The van der Waals surface area contributed by atoms with E-state index < -0.39 is 41.6 Å². The van der Waals surface area contributed by atoms with Crippen molar-refractivity contribution in [2.75, 3.05) is 32.1 Å². The van der Waals surface area contributed by atoms with Crippen molar-refractivity contribution in [3.8, 4) is 0 Å². The molecule has 53 heavy (non-hydrogen) atoms. The summed E-state index contributed by atoms with van der Waals surface area (Å²) in [6.45, 7) is 18.5. The molecule has 300 valence electrons. The van der Waals surface area contributed by atoms with Gasteiger partial charge in [-0.1, -0.05) is 67.0 Å². The van der Waals surface area contributed by atoms with Gasteiger partial charge in [0.05, 0.1) is 12.1 Å². The number of amides is 6. The van der Waals surface area contributed by atoms with Gasteiger partial charge < -0.3 is 41.4 Å². The topological polar surface area (TPSA) is 198 Å². The first-order chi connectivity index (χ1) is 24.7. The monoisotopic (exact) mass is 746 g/mol. The predicted molar refractivity (Wildman–Crippen MR) is 206 cm³/mol. The Labute approximate surface area is 316 Å². The minimum Gasteiger partial charge on any atom is -0.445 e. The maximum Gasteiger partial charge on any atom is 0.410 e. The van der Waals surface area contributed by atoms with Crippen LogP contribution in [0.2, 0.25) is 0 Å². The molecule has 0 bridgehead atoms. The molecule has 14 heteroatoms. The third-order valence-corrected chi connectivity index (χ3v) is 9.50. The van der Waals surface area contributed by atoms with Gasteiger partial charge in [-0.3, -0.25) is 19.2 Å². The minimum atomic E-state index is -0.996.